The Labute approximate surface area is 121 Å². The smallest absolute Gasteiger partial charge is 0.252 e. The normalized spacial score (nSPS) is 20.4. The van der Waals surface area contributed by atoms with Crippen molar-refractivity contribution in [1.29, 1.82) is 0 Å². The molecule has 5 nitrogen and oxygen atoms in total. The summed E-state index contributed by atoms with van der Waals surface area (Å²) in [5, 5.41) is 2.86. The van der Waals surface area contributed by atoms with E-state index in [1.165, 1.54) is 10.6 Å². The number of hydrogen-bond acceptors (Lipinski definition) is 3. The third kappa shape index (κ3) is 3.55. The molecule has 1 N–H and O–H groups in total. The molecule has 19 heavy (non-hydrogen) atoms. The Kier molecular flexibility index (Phi) is 4.27. The van der Waals surface area contributed by atoms with Crippen LogP contribution in [-0.2, 0) is 10.0 Å². The van der Waals surface area contributed by atoms with Gasteiger partial charge in [0.25, 0.3) is 5.91 Å². The molecule has 1 heterocycles. The molecule has 1 amide bonds. The van der Waals surface area contributed by atoms with Gasteiger partial charge in [-0.25, -0.2) is 12.7 Å². The van der Waals surface area contributed by atoms with Crippen LogP contribution in [0.15, 0.2) is 28.7 Å². The van der Waals surface area contributed by atoms with E-state index < -0.39 is 10.0 Å². The largest absolute Gasteiger partial charge is 0.348 e. The van der Waals surface area contributed by atoms with Gasteiger partial charge in [-0.1, -0.05) is 12.1 Å². The van der Waals surface area contributed by atoms with Crippen LogP contribution in [0.2, 0.25) is 0 Å². The van der Waals surface area contributed by atoms with Crippen LogP contribution < -0.4 is 5.32 Å². The molecule has 1 atom stereocenters. The number of rotatable bonds is 3. The summed E-state index contributed by atoms with van der Waals surface area (Å²) in [5.74, 6) is -0.187. The molecule has 0 saturated carbocycles. The monoisotopic (exact) mass is 346 g/mol. The number of sulfonamides is 1. The Morgan fingerprint density at radius 2 is 2.11 bits per heavy atom. The quantitative estimate of drug-likeness (QED) is 0.894. The van der Waals surface area contributed by atoms with Gasteiger partial charge in [-0.3, -0.25) is 4.79 Å². The lowest BCUT2D eigenvalue weighted by Crippen LogP contribution is -2.38. The lowest BCUT2D eigenvalue weighted by atomic mass is 10.2. The van der Waals surface area contributed by atoms with E-state index in [1.54, 1.807) is 18.2 Å². The Balaban J connectivity index is 2.00. The van der Waals surface area contributed by atoms with E-state index >= 15 is 0 Å². The highest BCUT2D eigenvalue weighted by atomic mass is 79.9. The van der Waals surface area contributed by atoms with Crippen molar-refractivity contribution in [1.82, 2.24) is 9.62 Å². The highest BCUT2D eigenvalue weighted by molar-refractivity contribution is 9.10. The minimum absolute atomic E-state index is 0.130. The second kappa shape index (κ2) is 5.60. The maximum atomic E-state index is 12.1. The molecule has 0 bridgehead atoms. The minimum atomic E-state index is -3.17. The zero-order valence-corrected chi connectivity index (χ0v) is 12.9. The zero-order chi connectivity index (χ0) is 14.0. The van der Waals surface area contributed by atoms with Gasteiger partial charge in [-0.2, -0.15) is 0 Å². The van der Waals surface area contributed by atoms with Crippen molar-refractivity contribution in [3.63, 3.8) is 0 Å². The Hall–Kier alpha value is -0.920. The molecule has 7 heteroatoms. The summed E-state index contributed by atoms with van der Waals surface area (Å²) < 4.78 is 24.9. The molecule has 1 aliphatic heterocycles. The molecular formula is C12H15BrN2O3S. The summed E-state index contributed by atoms with van der Waals surface area (Å²) in [7, 11) is -3.17. The second-order valence-electron chi connectivity index (χ2n) is 4.56. The van der Waals surface area contributed by atoms with Crippen molar-refractivity contribution in [2.24, 2.45) is 0 Å². The molecule has 0 radical (unpaired) electrons. The van der Waals surface area contributed by atoms with E-state index in [-0.39, 0.29) is 11.9 Å². The first-order chi connectivity index (χ1) is 8.88. The van der Waals surface area contributed by atoms with Gasteiger partial charge < -0.3 is 5.32 Å². The van der Waals surface area contributed by atoms with Crippen molar-refractivity contribution >= 4 is 31.9 Å². The molecule has 0 aromatic heterocycles. The fourth-order valence-corrected chi connectivity index (χ4v) is 3.41. The van der Waals surface area contributed by atoms with Crippen molar-refractivity contribution < 1.29 is 13.2 Å². The molecule has 1 fully saturated rings. The van der Waals surface area contributed by atoms with Crippen LogP contribution in [-0.4, -0.2) is 44.0 Å². The van der Waals surface area contributed by atoms with E-state index in [1.807, 2.05) is 6.07 Å². The summed E-state index contributed by atoms with van der Waals surface area (Å²) in [4.78, 5) is 12.1. The fraction of sp³-hybridized carbons (Fsp3) is 0.417. The molecule has 0 spiro atoms. The van der Waals surface area contributed by atoms with Crippen LogP contribution in [0.25, 0.3) is 0 Å². The molecule has 1 saturated heterocycles. The van der Waals surface area contributed by atoms with Crippen molar-refractivity contribution in [3.05, 3.63) is 34.3 Å². The standard InChI is InChI=1S/C12H15BrN2O3S/c1-19(17,18)15-7-6-9(8-15)14-12(16)10-4-2-3-5-11(10)13/h2-5,9H,6-8H2,1H3,(H,14,16). The summed E-state index contributed by atoms with van der Waals surface area (Å²) in [6, 6.07) is 7.02. The van der Waals surface area contributed by atoms with Crippen LogP contribution in [0.5, 0.6) is 0 Å². The lowest BCUT2D eigenvalue weighted by molar-refractivity contribution is 0.0938. The number of carbonyl (C=O) groups is 1. The van der Waals surface area contributed by atoms with Crippen LogP contribution in [0, 0.1) is 0 Å². The Morgan fingerprint density at radius 3 is 2.68 bits per heavy atom. The lowest BCUT2D eigenvalue weighted by Gasteiger charge is -2.15. The summed E-state index contributed by atoms with van der Waals surface area (Å²) in [6.45, 7) is 0.800. The number of carbonyl (C=O) groups excluding carboxylic acids is 1. The average molecular weight is 347 g/mol. The van der Waals surface area contributed by atoms with Crippen molar-refractivity contribution in [2.45, 2.75) is 12.5 Å². The third-order valence-corrected chi connectivity index (χ3v) is 5.03. The fourth-order valence-electron chi connectivity index (χ4n) is 2.06. The van der Waals surface area contributed by atoms with Gasteiger partial charge in [0.2, 0.25) is 10.0 Å². The molecule has 1 aromatic rings. The highest BCUT2D eigenvalue weighted by Crippen LogP contribution is 2.17. The van der Waals surface area contributed by atoms with Gasteiger partial charge in [-0.15, -0.1) is 0 Å². The second-order valence-corrected chi connectivity index (χ2v) is 7.40. The van der Waals surface area contributed by atoms with Gasteiger partial charge in [0.05, 0.1) is 11.8 Å². The van der Waals surface area contributed by atoms with Crippen LogP contribution in [0.1, 0.15) is 16.8 Å². The molecule has 2 rings (SSSR count). The SMILES string of the molecule is CS(=O)(=O)N1CCC(NC(=O)c2ccccc2Br)C1. The topological polar surface area (TPSA) is 66.5 Å². The van der Waals surface area contributed by atoms with E-state index in [2.05, 4.69) is 21.2 Å². The minimum Gasteiger partial charge on any atom is -0.348 e. The van der Waals surface area contributed by atoms with Gasteiger partial charge in [0.15, 0.2) is 0 Å². The van der Waals surface area contributed by atoms with Crippen LogP contribution in [0.3, 0.4) is 0 Å². The average Bonchev–Trinajstić information content (AvgIpc) is 2.77. The number of amides is 1. The molecular weight excluding hydrogens is 332 g/mol. The number of nitrogens with zero attached hydrogens (tertiary/aromatic N) is 1. The summed E-state index contributed by atoms with van der Waals surface area (Å²) in [6.07, 6.45) is 1.83. The predicted molar refractivity (Wildman–Crippen MR) is 76.4 cm³/mol. The first-order valence-corrected chi connectivity index (χ1v) is 8.52. The van der Waals surface area contributed by atoms with Gasteiger partial charge in [0.1, 0.15) is 0 Å². The number of nitrogens with one attached hydrogen (secondary N) is 1. The van der Waals surface area contributed by atoms with Crippen LogP contribution in [0.4, 0.5) is 0 Å². The summed E-state index contributed by atoms with van der Waals surface area (Å²) in [5.41, 5.74) is 0.556. The maximum absolute atomic E-state index is 12.1. The van der Waals surface area contributed by atoms with Crippen LogP contribution >= 0.6 is 15.9 Å². The zero-order valence-electron chi connectivity index (χ0n) is 10.5. The first-order valence-electron chi connectivity index (χ1n) is 5.88. The molecule has 104 valence electrons. The van der Waals surface area contributed by atoms with Crippen molar-refractivity contribution in [2.75, 3.05) is 19.3 Å². The number of hydrogen-bond donors (Lipinski definition) is 1. The van der Waals surface area contributed by atoms with E-state index in [4.69, 9.17) is 0 Å². The first kappa shape index (κ1) is 14.5. The Bertz CT molecular complexity index is 588. The van der Waals surface area contributed by atoms with Gasteiger partial charge in [0, 0.05) is 23.6 Å². The van der Waals surface area contributed by atoms with Crippen molar-refractivity contribution in [3.8, 4) is 0 Å². The van der Waals surface area contributed by atoms with E-state index in [9.17, 15) is 13.2 Å². The van der Waals surface area contributed by atoms with Gasteiger partial charge in [-0.05, 0) is 34.5 Å². The number of halogens is 1. The molecule has 0 aliphatic carbocycles. The number of benzene rings is 1. The maximum Gasteiger partial charge on any atom is 0.252 e. The van der Waals surface area contributed by atoms with E-state index in [0.29, 0.717) is 25.1 Å². The summed E-state index contributed by atoms with van der Waals surface area (Å²) >= 11 is 3.32. The molecule has 1 unspecified atom stereocenters. The van der Waals surface area contributed by atoms with Gasteiger partial charge >= 0.3 is 0 Å². The Morgan fingerprint density at radius 1 is 1.42 bits per heavy atom. The molecule has 1 aromatic carbocycles. The highest BCUT2D eigenvalue weighted by Gasteiger charge is 2.29. The predicted octanol–water partition coefficient (Wildman–Crippen LogP) is 1.21. The third-order valence-electron chi connectivity index (χ3n) is 3.07. The molecule has 1 aliphatic rings. The van der Waals surface area contributed by atoms with E-state index in [0.717, 1.165) is 4.47 Å².